The average Bonchev–Trinajstić information content (AvgIpc) is 3.30. The van der Waals surface area contributed by atoms with Crippen LogP contribution in [0.3, 0.4) is 0 Å². The van der Waals surface area contributed by atoms with Gasteiger partial charge in [0.1, 0.15) is 12.4 Å². The molecule has 0 bridgehead atoms. The molecular formula is C26H29N3O3. The van der Waals surface area contributed by atoms with Gasteiger partial charge in [-0.15, -0.1) is 0 Å². The van der Waals surface area contributed by atoms with Crippen LogP contribution in [-0.2, 0) is 6.54 Å². The van der Waals surface area contributed by atoms with Gasteiger partial charge in [0.25, 0.3) is 5.91 Å². The minimum atomic E-state index is -0.459. The third-order valence-corrected chi connectivity index (χ3v) is 6.65. The molecular weight excluding hydrogens is 402 g/mol. The summed E-state index contributed by atoms with van der Waals surface area (Å²) in [5.74, 6) is 1.08. The van der Waals surface area contributed by atoms with Crippen LogP contribution in [0.1, 0.15) is 59.7 Å². The summed E-state index contributed by atoms with van der Waals surface area (Å²) in [6.45, 7) is 1.42. The molecule has 1 fully saturated rings. The first kappa shape index (κ1) is 20.8. The molecule has 3 aromatic rings. The smallest absolute Gasteiger partial charge is 0.254 e. The van der Waals surface area contributed by atoms with Crippen molar-refractivity contribution in [2.75, 3.05) is 13.2 Å². The van der Waals surface area contributed by atoms with Gasteiger partial charge in [0.2, 0.25) is 0 Å². The van der Waals surface area contributed by atoms with Crippen LogP contribution >= 0.6 is 0 Å². The predicted molar refractivity (Wildman–Crippen MR) is 122 cm³/mol. The van der Waals surface area contributed by atoms with Gasteiger partial charge in [-0.25, -0.2) is 4.68 Å². The molecule has 5 rings (SSSR count). The number of carbonyl (C=O) groups excluding carboxylic acids is 1. The Morgan fingerprint density at radius 1 is 1.09 bits per heavy atom. The first-order chi connectivity index (χ1) is 15.7. The minimum Gasteiger partial charge on any atom is -0.491 e. The molecule has 1 aliphatic carbocycles. The number of aliphatic hydroxyl groups is 1. The molecule has 6 nitrogen and oxygen atoms in total. The van der Waals surface area contributed by atoms with E-state index in [0.29, 0.717) is 31.2 Å². The van der Waals surface area contributed by atoms with E-state index in [1.807, 2.05) is 59.6 Å². The monoisotopic (exact) mass is 431 g/mol. The van der Waals surface area contributed by atoms with Crippen LogP contribution in [0.15, 0.2) is 60.9 Å². The number of aliphatic hydroxyl groups excluding tert-OH is 1. The zero-order valence-corrected chi connectivity index (χ0v) is 18.2. The number of hydrogen-bond donors (Lipinski definition) is 1. The van der Waals surface area contributed by atoms with Crippen LogP contribution in [0.2, 0.25) is 0 Å². The summed E-state index contributed by atoms with van der Waals surface area (Å²) in [5, 5.41) is 15.2. The van der Waals surface area contributed by atoms with Crippen molar-refractivity contribution in [3.8, 4) is 11.4 Å². The van der Waals surface area contributed by atoms with E-state index in [1.54, 1.807) is 10.9 Å². The lowest BCUT2D eigenvalue weighted by Crippen LogP contribution is -2.32. The number of rotatable bonds is 4. The van der Waals surface area contributed by atoms with Crippen LogP contribution in [0.25, 0.3) is 5.69 Å². The van der Waals surface area contributed by atoms with Gasteiger partial charge in [-0.3, -0.25) is 4.79 Å². The standard InChI is InChI=1S/C26H29N3O3/c30-25(19-6-2-1-3-7-19)20-10-11-24-22(16-20)18-28(14-15-32-24)26(31)21-8-4-9-23(17-21)29-13-5-12-27-29/h4-5,8-13,16-17,19,25,30H,1-3,6-7,14-15,18H2. The number of ether oxygens (including phenoxy) is 1. The molecule has 0 spiro atoms. The van der Waals surface area contributed by atoms with Crippen molar-refractivity contribution in [3.63, 3.8) is 0 Å². The Morgan fingerprint density at radius 2 is 1.97 bits per heavy atom. The number of benzene rings is 2. The van der Waals surface area contributed by atoms with Crippen molar-refractivity contribution < 1.29 is 14.6 Å². The Hall–Kier alpha value is -3.12. The van der Waals surface area contributed by atoms with Crippen LogP contribution in [0.5, 0.6) is 5.75 Å². The highest BCUT2D eigenvalue weighted by Gasteiger charge is 2.26. The SMILES string of the molecule is O=C(c1cccc(-n2cccn2)c1)N1CCOc2ccc(C(O)C3CCCCC3)cc2C1. The predicted octanol–water partition coefficient (Wildman–Crippen LogP) is 4.52. The summed E-state index contributed by atoms with van der Waals surface area (Å²) >= 11 is 0. The first-order valence-electron chi connectivity index (χ1n) is 11.5. The first-order valence-corrected chi connectivity index (χ1v) is 11.5. The maximum atomic E-state index is 13.3. The molecule has 6 heteroatoms. The zero-order valence-electron chi connectivity index (χ0n) is 18.2. The van der Waals surface area contributed by atoms with Gasteiger partial charge >= 0.3 is 0 Å². The van der Waals surface area contributed by atoms with E-state index in [1.165, 1.54) is 19.3 Å². The maximum Gasteiger partial charge on any atom is 0.254 e. The molecule has 32 heavy (non-hydrogen) atoms. The second-order valence-electron chi connectivity index (χ2n) is 8.79. The molecule has 1 saturated carbocycles. The maximum absolute atomic E-state index is 13.3. The van der Waals surface area contributed by atoms with Crippen molar-refractivity contribution >= 4 is 5.91 Å². The molecule has 2 aliphatic rings. The number of amides is 1. The Balaban J connectivity index is 1.37. The van der Waals surface area contributed by atoms with Crippen molar-refractivity contribution in [2.24, 2.45) is 5.92 Å². The molecule has 1 amide bonds. The van der Waals surface area contributed by atoms with Crippen LogP contribution in [0.4, 0.5) is 0 Å². The largest absolute Gasteiger partial charge is 0.491 e. The second-order valence-corrected chi connectivity index (χ2v) is 8.79. The normalized spacial score (nSPS) is 17.8. The van der Waals surface area contributed by atoms with Crippen molar-refractivity contribution in [2.45, 2.75) is 44.8 Å². The lowest BCUT2D eigenvalue weighted by Gasteiger charge is -2.27. The van der Waals surface area contributed by atoms with Crippen LogP contribution in [0, 0.1) is 5.92 Å². The van der Waals surface area contributed by atoms with Crippen molar-refractivity contribution in [1.82, 2.24) is 14.7 Å². The summed E-state index contributed by atoms with van der Waals surface area (Å²) in [5.41, 5.74) is 3.35. The fourth-order valence-electron chi connectivity index (χ4n) is 4.88. The molecule has 1 atom stereocenters. The van der Waals surface area contributed by atoms with E-state index in [4.69, 9.17) is 4.74 Å². The molecule has 1 aromatic heterocycles. The molecule has 166 valence electrons. The van der Waals surface area contributed by atoms with E-state index in [2.05, 4.69) is 5.10 Å². The molecule has 0 radical (unpaired) electrons. The lowest BCUT2D eigenvalue weighted by molar-refractivity contribution is 0.0733. The van der Waals surface area contributed by atoms with E-state index in [9.17, 15) is 9.90 Å². The average molecular weight is 432 g/mol. The molecule has 1 aliphatic heterocycles. The van der Waals surface area contributed by atoms with E-state index in [-0.39, 0.29) is 5.91 Å². The number of aromatic nitrogens is 2. The summed E-state index contributed by atoms with van der Waals surface area (Å²) < 4.78 is 7.68. The summed E-state index contributed by atoms with van der Waals surface area (Å²) in [4.78, 5) is 15.2. The fourth-order valence-corrected chi connectivity index (χ4v) is 4.88. The Labute approximate surface area is 188 Å². The molecule has 1 N–H and O–H groups in total. The van der Waals surface area contributed by atoms with Gasteiger partial charge in [0, 0.05) is 30.1 Å². The molecule has 2 heterocycles. The van der Waals surface area contributed by atoms with Gasteiger partial charge in [-0.2, -0.15) is 5.10 Å². The van der Waals surface area contributed by atoms with E-state index in [0.717, 1.165) is 35.4 Å². The summed E-state index contributed by atoms with van der Waals surface area (Å²) in [6, 6.07) is 15.3. The van der Waals surface area contributed by atoms with Crippen LogP contribution < -0.4 is 4.74 Å². The van der Waals surface area contributed by atoms with Crippen molar-refractivity contribution in [3.05, 3.63) is 77.6 Å². The number of hydrogen-bond acceptors (Lipinski definition) is 4. The Morgan fingerprint density at radius 3 is 2.78 bits per heavy atom. The highest BCUT2D eigenvalue weighted by atomic mass is 16.5. The highest BCUT2D eigenvalue weighted by molar-refractivity contribution is 5.94. The Bertz CT molecular complexity index is 1070. The lowest BCUT2D eigenvalue weighted by atomic mass is 9.82. The van der Waals surface area contributed by atoms with Gasteiger partial charge in [0.05, 0.1) is 18.3 Å². The molecule has 0 saturated heterocycles. The summed E-state index contributed by atoms with van der Waals surface area (Å²) in [6.07, 6.45) is 8.91. The van der Waals surface area contributed by atoms with Gasteiger partial charge in [-0.05, 0) is 60.7 Å². The topological polar surface area (TPSA) is 67.6 Å². The Kier molecular flexibility index (Phi) is 5.95. The van der Waals surface area contributed by atoms with E-state index < -0.39 is 6.10 Å². The summed E-state index contributed by atoms with van der Waals surface area (Å²) in [7, 11) is 0. The molecule has 2 aromatic carbocycles. The molecule has 1 unspecified atom stereocenters. The quantitative estimate of drug-likeness (QED) is 0.660. The fraction of sp³-hybridized carbons (Fsp3) is 0.385. The third-order valence-electron chi connectivity index (χ3n) is 6.65. The van der Waals surface area contributed by atoms with Crippen molar-refractivity contribution in [1.29, 1.82) is 0 Å². The number of carbonyl (C=O) groups is 1. The van der Waals surface area contributed by atoms with Gasteiger partial charge in [0.15, 0.2) is 0 Å². The third kappa shape index (κ3) is 4.28. The second kappa shape index (κ2) is 9.17. The van der Waals surface area contributed by atoms with E-state index >= 15 is 0 Å². The number of fused-ring (bicyclic) bond motifs is 1. The highest BCUT2D eigenvalue weighted by Crippen LogP contribution is 2.36. The number of nitrogens with zero attached hydrogens (tertiary/aromatic N) is 3. The van der Waals surface area contributed by atoms with Gasteiger partial charge < -0.3 is 14.7 Å². The minimum absolute atomic E-state index is 0.0336. The van der Waals surface area contributed by atoms with Crippen LogP contribution in [-0.4, -0.2) is 38.8 Å². The van der Waals surface area contributed by atoms with Gasteiger partial charge in [-0.1, -0.05) is 31.4 Å². The zero-order chi connectivity index (χ0) is 21.9.